The molecule has 164 valence electrons. The fourth-order valence-electron chi connectivity index (χ4n) is 3.74. The van der Waals surface area contributed by atoms with Crippen LogP contribution in [-0.4, -0.2) is 27.1 Å². The minimum atomic E-state index is -0.587. The zero-order chi connectivity index (χ0) is 21.8. The minimum Gasteiger partial charge on any atom is -0.359 e. The van der Waals surface area contributed by atoms with Crippen molar-refractivity contribution in [3.8, 4) is 0 Å². The smallest absolute Gasteiger partial charge is 0.227 e. The highest BCUT2D eigenvalue weighted by Crippen LogP contribution is 2.34. The summed E-state index contributed by atoms with van der Waals surface area (Å²) < 4.78 is 10.7. The molecule has 30 heavy (non-hydrogen) atoms. The maximum Gasteiger partial charge on any atom is 0.227 e. The Morgan fingerprint density at radius 3 is 2.40 bits per heavy atom. The number of aryl methyl sites for hydroxylation is 1. The molecule has 2 aromatic heterocycles. The summed E-state index contributed by atoms with van der Waals surface area (Å²) in [5.41, 5.74) is -0.769. The van der Waals surface area contributed by atoms with Crippen LogP contribution >= 0.6 is 0 Å². The average molecular weight is 418 g/mol. The second-order valence-electron chi connectivity index (χ2n) is 9.06. The van der Waals surface area contributed by atoms with E-state index in [1.807, 2.05) is 20.8 Å². The molecule has 0 aliphatic heterocycles. The van der Waals surface area contributed by atoms with Gasteiger partial charge in [-0.25, -0.2) is 0 Å². The summed E-state index contributed by atoms with van der Waals surface area (Å²) >= 11 is 0. The van der Waals surface area contributed by atoms with E-state index in [0.717, 1.165) is 38.5 Å². The number of anilines is 1. The van der Waals surface area contributed by atoms with Crippen LogP contribution in [0.2, 0.25) is 0 Å². The van der Waals surface area contributed by atoms with E-state index in [1.165, 1.54) is 6.92 Å². The maximum absolute atomic E-state index is 12.3. The molecule has 0 bridgehead atoms. The van der Waals surface area contributed by atoms with E-state index in [9.17, 15) is 9.59 Å². The lowest BCUT2D eigenvalue weighted by molar-refractivity contribution is -0.121. The van der Waals surface area contributed by atoms with Gasteiger partial charge in [-0.2, -0.15) is 4.98 Å². The molecular formula is C21H31N5O4. The molecule has 0 aromatic carbocycles. The van der Waals surface area contributed by atoms with E-state index in [0.29, 0.717) is 29.7 Å². The molecule has 2 heterocycles. The third-order valence-electron chi connectivity index (χ3n) is 5.35. The lowest BCUT2D eigenvalue weighted by Gasteiger charge is -2.30. The second-order valence-corrected chi connectivity index (χ2v) is 9.06. The summed E-state index contributed by atoms with van der Waals surface area (Å²) in [6, 6.07) is 1.73. The van der Waals surface area contributed by atoms with Crippen LogP contribution < -0.4 is 10.6 Å². The van der Waals surface area contributed by atoms with Crippen molar-refractivity contribution in [3.05, 3.63) is 23.5 Å². The van der Waals surface area contributed by atoms with Gasteiger partial charge in [0.2, 0.25) is 17.7 Å². The normalized spacial score (nSPS) is 16.7. The fraction of sp³-hybridized carbons (Fsp3) is 0.667. The number of hydrogen-bond donors (Lipinski definition) is 2. The molecule has 1 saturated carbocycles. The maximum atomic E-state index is 12.3. The highest BCUT2D eigenvalue weighted by atomic mass is 16.5. The Morgan fingerprint density at radius 2 is 1.80 bits per heavy atom. The van der Waals surface area contributed by atoms with Crippen molar-refractivity contribution in [2.45, 2.75) is 90.0 Å². The number of hydrogen-bond acceptors (Lipinski definition) is 7. The van der Waals surface area contributed by atoms with Crippen molar-refractivity contribution in [1.29, 1.82) is 0 Å². The molecule has 3 rings (SSSR count). The first kappa shape index (κ1) is 22.0. The third-order valence-corrected chi connectivity index (χ3v) is 5.35. The minimum absolute atomic E-state index is 0.107. The van der Waals surface area contributed by atoms with Crippen molar-refractivity contribution < 1.29 is 18.6 Å². The summed E-state index contributed by atoms with van der Waals surface area (Å²) in [4.78, 5) is 28.6. The Labute approximate surface area is 176 Å². The molecule has 0 unspecified atom stereocenters. The summed E-state index contributed by atoms with van der Waals surface area (Å²) in [6.45, 7) is 7.53. The summed E-state index contributed by atoms with van der Waals surface area (Å²) in [5.74, 6) is 1.65. The van der Waals surface area contributed by atoms with Gasteiger partial charge >= 0.3 is 0 Å². The number of amides is 2. The zero-order valence-corrected chi connectivity index (χ0v) is 18.2. The Hall–Kier alpha value is -2.71. The quantitative estimate of drug-likeness (QED) is 0.688. The molecule has 0 saturated heterocycles. The first-order chi connectivity index (χ1) is 14.2. The van der Waals surface area contributed by atoms with Crippen LogP contribution in [0, 0.1) is 0 Å². The molecular weight excluding hydrogens is 386 g/mol. The van der Waals surface area contributed by atoms with Crippen LogP contribution in [0.1, 0.15) is 90.1 Å². The Bertz CT molecular complexity index is 872. The predicted molar refractivity (Wildman–Crippen MR) is 110 cm³/mol. The number of nitrogens with one attached hydrogen (secondary N) is 2. The van der Waals surface area contributed by atoms with Gasteiger partial charge in [0, 0.05) is 31.2 Å². The number of rotatable bonds is 6. The van der Waals surface area contributed by atoms with E-state index >= 15 is 0 Å². The number of carbonyl (C=O) groups excluding carboxylic acids is 2. The van der Waals surface area contributed by atoms with Crippen LogP contribution in [0.5, 0.6) is 0 Å². The van der Waals surface area contributed by atoms with Crippen molar-refractivity contribution in [2.75, 3.05) is 5.32 Å². The largest absolute Gasteiger partial charge is 0.359 e. The van der Waals surface area contributed by atoms with Crippen molar-refractivity contribution in [1.82, 2.24) is 20.6 Å². The second kappa shape index (κ2) is 8.97. The topological polar surface area (TPSA) is 123 Å². The molecule has 0 radical (unpaired) electrons. The average Bonchev–Trinajstić information content (AvgIpc) is 3.26. The van der Waals surface area contributed by atoms with Gasteiger partial charge in [0.25, 0.3) is 0 Å². The Morgan fingerprint density at radius 1 is 1.10 bits per heavy atom. The molecule has 0 spiro atoms. The number of aromatic nitrogens is 3. The molecule has 2 amide bonds. The highest BCUT2D eigenvalue weighted by molar-refractivity contribution is 5.89. The van der Waals surface area contributed by atoms with Crippen molar-refractivity contribution in [2.24, 2.45) is 0 Å². The van der Waals surface area contributed by atoms with Crippen LogP contribution in [0.15, 0.2) is 15.1 Å². The van der Waals surface area contributed by atoms with Crippen LogP contribution in [0.25, 0.3) is 0 Å². The van der Waals surface area contributed by atoms with Gasteiger partial charge in [0.1, 0.15) is 11.3 Å². The van der Waals surface area contributed by atoms with Gasteiger partial charge in [0.05, 0.1) is 0 Å². The van der Waals surface area contributed by atoms with Gasteiger partial charge in [-0.15, -0.1) is 0 Å². The molecule has 2 aromatic rings. The van der Waals surface area contributed by atoms with E-state index < -0.39 is 5.54 Å². The molecule has 1 fully saturated rings. The van der Waals surface area contributed by atoms with Gasteiger partial charge in [-0.05, 0) is 12.8 Å². The Kier molecular flexibility index (Phi) is 6.58. The summed E-state index contributed by atoms with van der Waals surface area (Å²) in [6.07, 6.45) is 6.31. The molecule has 1 aliphatic carbocycles. The number of nitrogens with zero attached hydrogens (tertiary/aromatic N) is 3. The van der Waals surface area contributed by atoms with Gasteiger partial charge in [-0.3, -0.25) is 9.59 Å². The summed E-state index contributed by atoms with van der Waals surface area (Å²) in [5, 5.41) is 13.8. The molecule has 9 nitrogen and oxygen atoms in total. The van der Waals surface area contributed by atoms with Crippen LogP contribution in [-0.2, 0) is 27.0 Å². The van der Waals surface area contributed by atoms with Crippen LogP contribution in [0.4, 0.5) is 5.82 Å². The third kappa shape index (κ3) is 5.46. The molecule has 1 aliphatic rings. The standard InChI is InChI=1S/C21H31N5O4/c1-14(27)24-21(11-7-5-6-8-12-21)19-23-18(30-26-19)10-9-17(28)22-16-13-15(29-25-16)20(2,3)4/h13H,5-12H2,1-4H3,(H,24,27)(H,22,25,28). The SMILES string of the molecule is CC(=O)NC1(c2noc(CCC(=O)Nc3cc(C(C)(C)C)on3)n2)CCCCCC1. The van der Waals surface area contributed by atoms with Gasteiger partial charge < -0.3 is 19.7 Å². The van der Waals surface area contributed by atoms with Gasteiger partial charge in [0.15, 0.2) is 11.6 Å². The van der Waals surface area contributed by atoms with Crippen molar-refractivity contribution >= 4 is 17.6 Å². The van der Waals surface area contributed by atoms with Crippen molar-refractivity contribution in [3.63, 3.8) is 0 Å². The van der Waals surface area contributed by atoms with E-state index in [4.69, 9.17) is 9.05 Å². The molecule has 2 N–H and O–H groups in total. The molecule has 0 atom stereocenters. The highest BCUT2D eigenvalue weighted by Gasteiger charge is 2.38. The summed E-state index contributed by atoms with van der Waals surface area (Å²) in [7, 11) is 0. The monoisotopic (exact) mass is 417 g/mol. The first-order valence-corrected chi connectivity index (χ1v) is 10.6. The van der Waals surface area contributed by atoms with E-state index in [1.54, 1.807) is 6.07 Å². The van der Waals surface area contributed by atoms with E-state index in [2.05, 4.69) is 25.9 Å². The first-order valence-electron chi connectivity index (χ1n) is 10.6. The van der Waals surface area contributed by atoms with Gasteiger partial charge in [-0.1, -0.05) is 56.8 Å². The van der Waals surface area contributed by atoms with E-state index in [-0.39, 0.29) is 23.7 Å². The zero-order valence-electron chi connectivity index (χ0n) is 18.2. The lowest BCUT2D eigenvalue weighted by Crippen LogP contribution is -2.45. The fourth-order valence-corrected chi connectivity index (χ4v) is 3.74. The Balaban J connectivity index is 1.61. The van der Waals surface area contributed by atoms with Crippen LogP contribution in [0.3, 0.4) is 0 Å². The lowest BCUT2D eigenvalue weighted by atomic mass is 9.89. The molecule has 9 heteroatoms. The number of carbonyl (C=O) groups is 2. The predicted octanol–water partition coefficient (Wildman–Crippen LogP) is 3.61.